The van der Waals surface area contributed by atoms with Gasteiger partial charge in [-0.1, -0.05) is 12.1 Å². The molecule has 0 aliphatic heterocycles. The van der Waals surface area contributed by atoms with Crippen molar-refractivity contribution in [3.63, 3.8) is 0 Å². The van der Waals surface area contributed by atoms with Gasteiger partial charge in [-0.3, -0.25) is 10.1 Å². The summed E-state index contributed by atoms with van der Waals surface area (Å²) >= 11 is 0. The average molecular weight is 269 g/mol. The van der Waals surface area contributed by atoms with Crippen LogP contribution < -0.4 is 4.74 Å². The van der Waals surface area contributed by atoms with Crippen LogP contribution >= 0.6 is 0 Å². The number of hydrogen-bond acceptors (Lipinski definition) is 6. The van der Waals surface area contributed by atoms with E-state index in [-0.39, 0.29) is 12.2 Å². The third-order valence-electron chi connectivity index (χ3n) is 2.54. The summed E-state index contributed by atoms with van der Waals surface area (Å²) in [5.74, 6) is -0.534. The van der Waals surface area contributed by atoms with Crippen molar-refractivity contribution in [2.45, 2.75) is 12.5 Å². The van der Waals surface area contributed by atoms with Crippen molar-refractivity contribution < 1.29 is 24.3 Å². The highest BCUT2D eigenvalue weighted by Crippen LogP contribution is 2.25. The fourth-order valence-corrected chi connectivity index (χ4v) is 1.58. The smallest absolute Gasteiger partial charge is 0.349 e. The van der Waals surface area contributed by atoms with E-state index in [2.05, 4.69) is 0 Å². The quantitative estimate of drug-likeness (QED) is 0.464. The molecule has 0 heterocycles. The Bertz CT molecular complexity index is 458. The summed E-state index contributed by atoms with van der Waals surface area (Å²) < 4.78 is 9.63. The summed E-state index contributed by atoms with van der Waals surface area (Å²) in [7, 11) is 1.46. The lowest BCUT2D eigenvalue weighted by Gasteiger charge is -2.22. The normalized spacial score (nSPS) is 13.4. The predicted molar refractivity (Wildman–Crippen MR) is 65.4 cm³/mol. The van der Waals surface area contributed by atoms with E-state index in [0.29, 0.717) is 5.75 Å². The maximum Gasteiger partial charge on any atom is 0.349 e. The molecule has 1 N–H and O–H groups in total. The van der Waals surface area contributed by atoms with Gasteiger partial charge in [0.15, 0.2) is 0 Å². The molecule has 7 heteroatoms. The van der Waals surface area contributed by atoms with Crippen LogP contribution in [-0.2, 0) is 15.1 Å². The number of methoxy groups -OCH3 is 1. The largest absolute Gasteiger partial charge is 0.497 e. The zero-order valence-electron chi connectivity index (χ0n) is 10.7. The Morgan fingerprint density at radius 3 is 2.42 bits per heavy atom. The molecule has 0 radical (unpaired) electrons. The lowest BCUT2D eigenvalue weighted by Crippen LogP contribution is -2.43. The van der Waals surface area contributed by atoms with Crippen LogP contribution in [0.3, 0.4) is 0 Å². The van der Waals surface area contributed by atoms with Gasteiger partial charge < -0.3 is 14.6 Å². The molecule has 0 fully saturated rings. The molecule has 0 bridgehead atoms. The van der Waals surface area contributed by atoms with Gasteiger partial charge in [-0.05, 0) is 19.1 Å². The van der Waals surface area contributed by atoms with Crippen LogP contribution in [0.5, 0.6) is 5.75 Å². The second kappa shape index (κ2) is 6.14. The van der Waals surface area contributed by atoms with E-state index in [1.165, 1.54) is 31.4 Å². The fraction of sp³-hybridized carbons (Fsp3) is 0.417. The van der Waals surface area contributed by atoms with Crippen molar-refractivity contribution in [2.75, 3.05) is 20.3 Å². The van der Waals surface area contributed by atoms with Crippen molar-refractivity contribution in [1.82, 2.24) is 0 Å². The maximum absolute atomic E-state index is 11.7. The monoisotopic (exact) mass is 269 g/mol. The molecule has 1 aromatic carbocycles. The number of rotatable bonds is 6. The summed E-state index contributed by atoms with van der Waals surface area (Å²) in [5, 5.41) is 20.9. The van der Waals surface area contributed by atoms with E-state index < -0.39 is 23.0 Å². The Kier molecular flexibility index (Phi) is 4.82. The first-order chi connectivity index (χ1) is 8.93. The van der Waals surface area contributed by atoms with Crippen LogP contribution in [-0.4, -0.2) is 36.3 Å². The van der Waals surface area contributed by atoms with Crippen LogP contribution in [0, 0.1) is 10.1 Å². The molecule has 7 nitrogen and oxygen atoms in total. The predicted octanol–water partition coefficient (Wildman–Crippen LogP) is 0.723. The molecular weight excluding hydrogens is 254 g/mol. The number of esters is 1. The van der Waals surface area contributed by atoms with E-state index in [0.717, 1.165) is 0 Å². The molecule has 1 rings (SSSR count). The molecule has 1 aromatic rings. The summed E-state index contributed by atoms with van der Waals surface area (Å²) in [6.07, 6.45) is 0. The SMILES string of the molecule is CCOC(=O)C(O)(C[N+](=O)[O-])c1ccc(OC)cc1. The van der Waals surface area contributed by atoms with E-state index in [9.17, 15) is 20.0 Å². The standard InChI is InChI=1S/C12H15NO6/c1-3-19-11(14)12(15,8-13(16)17)9-4-6-10(18-2)7-5-9/h4-7,15H,3,8H2,1-2H3. The molecule has 1 atom stereocenters. The zero-order valence-corrected chi connectivity index (χ0v) is 10.7. The second-order valence-electron chi connectivity index (χ2n) is 3.80. The summed E-state index contributed by atoms with van der Waals surface area (Å²) in [6, 6.07) is 5.78. The maximum atomic E-state index is 11.7. The fourth-order valence-electron chi connectivity index (χ4n) is 1.58. The van der Waals surface area contributed by atoms with Gasteiger partial charge in [-0.2, -0.15) is 0 Å². The molecular formula is C12H15NO6. The number of nitrogens with zero attached hydrogens (tertiary/aromatic N) is 1. The van der Waals surface area contributed by atoms with Crippen molar-refractivity contribution in [2.24, 2.45) is 0 Å². The number of aliphatic hydroxyl groups is 1. The third kappa shape index (κ3) is 3.41. The van der Waals surface area contributed by atoms with Crippen molar-refractivity contribution in [1.29, 1.82) is 0 Å². The summed E-state index contributed by atoms with van der Waals surface area (Å²) in [4.78, 5) is 21.6. The molecule has 19 heavy (non-hydrogen) atoms. The molecule has 0 saturated carbocycles. The van der Waals surface area contributed by atoms with Gasteiger partial charge in [0.1, 0.15) is 5.75 Å². The molecule has 0 spiro atoms. The van der Waals surface area contributed by atoms with Gasteiger partial charge in [-0.25, -0.2) is 4.79 Å². The third-order valence-corrected chi connectivity index (χ3v) is 2.54. The van der Waals surface area contributed by atoms with Gasteiger partial charge >= 0.3 is 5.97 Å². The van der Waals surface area contributed by atoms with Gasteiger partial charge in [0.05, 0.1) is 13.7 Å². The molecule has 1 unspecified atom stereocenters. The number of carbonyl (C=O) groups is 1. The molecule has 0 aliphatic carbocycles. The van der Waals surface area contributed by atoms with Crippen LogP contribution in [0.25, 0.3) is 0 Å². The average Bonchev–Trinajstić information content (AvgIpc) is 2.38. The highest BCUT2D eigenvalue weighted by atomic mass is 16.6. The Balaban J connectivity index is 3.13. The van der Waals surface area contributed by atoms with Crippen molar-refractivity contribution >= 4 is 5.97 Å². The Hall–Kier alpha value is -2.15. The first kappa shape index (κ1) is 14.9. The lowest BCUT2D eigenvalue weighted by atomic mass is 9.94. The minimum absolute atomic E-state index is 0.0228. The number of benzene rings is 1. The van der Waals surface area contributed by atoms with Gasteiger partial charge in [0.2, 0.25) is 6.54 Å². The molecule has 0 aliphatic rings. The minimum Gasteiger partial charge on any atom is -0.497 e. The van der Waals surface area contributed by atoms with Crippen LogP contribution in [0.4, 0.5) is 0 Å². The summed E-state index contributed by atoms with van der Waals surface area (Å²) in [5.41, 5.74) is -2.21. The second-order valence-corrected chi connectivity index (χ2v) is 3.80. The Morgan fingerprint density at radius 1 is 1.42 bits per heavy atom. The van der Waals surface area contributed by atoms with E-state index in [1.54, 1.807) is 6.92 Å². The van der Waals surface area contributed by atoms with E-state index >= 15 is 0 Å². The minimum atomic E-state index is -2.30. The number of hydrogen-bond donors (Lipinski definition) is 1. The Morgan fingerprint density at radius 2 is 2.00 bits per heavy atom. The number of carbonyl (C=O) groups excluding carboxylic acids is 1. The van der Waals surface area contributed by atoms with Crippen molar-refractivity contribution in [3.8, 4) is 5.75 Å². The highest BCUT2D eigenvalue weighted by molar-refractivity contribution is 5.81. The molecule has 104 valence electrons. The Labute approximate surface area is 109 Å². The van der Waals surface area contributed by atoms with Gasteiger partial charge in [-0.15, -0.1) is 0 Å². The van der Waals surface area contributed by atoms with Crippen molar-refractivity contribution in [3.05, 3.63) is 39.9 Å². The first-order valence-electron chi connectivity index (χ1n) is 5.60. The zero-order chi connectivity index (χ0) is 14.5. The molecule has 0 aromatic heterocycles. The first-order valence-corrected chi connectivity index (χ1v) is 5.60. The van der Waals surface area contributed by atoms with E-state index in [1.807, 2.05) is 0 Å². The summed E-state index contributed by atoms with van der Waals surface area (Å²) in [6.45, 7) is 0.617. The van der Waals surface area contributed by atoms with Crippen LogP contribution in [0.2, 0.25) is 0 Å². The topological polar surface area (TPSA) is 98.9 Å². The van der Waals surface area contributed by atoms with Gasteiger partial charge in [0, 0.05) is 10.5 Å². The molecule has 0 amide bonds. The van der Waals surface area contributed by atoms with Crippen LogP contribution in [0.1, 0.15) is 12.5 Å². The van der Waals surface area contributed by atoms with Crippen LogP contribution in [0.15, 0.2) is 24.3 Å². The van der Waals surface area contributed by atoms with E-state index in [4.69, 9.17) is 9.47 Å². The lowest BCUT2D eigenvalue weighted by molar-refractivity contribution is -0.499. The number of nitro groups is 1. The van der Waals surface area contributed by atoms with Gasteiger partial charge in [0.25, 0.3) is 5.60 Å². The number of ether oxygens (including phenoxy) is 2. The highest BCUT2D eigenvalue weighted by Gasteiger charge is 2.45. The molecule has 0 saturated heterocycles.